The fourth-order valence-electron chi connectivity index (χ4n) is 7.58. The molecule has 12 nitrogen and oxygen atoms in total. The Morgan fingerprint density at radius 3 is 2.52 bits per heavy atom. The highest BCUT2D eigenvalue weighted by Crippen LogP contribution is 2.43. The second-order valence-electron chi connectivity index (χ2n) is 13.6. The number of anilines is 1. The van der Waals surface area contributed by atoms with Crippen LogP contribution in [0.25, 0.3) is 39.1 Å². The predicted molar refractivity (Wildman–Crippen MR) is 185 cm³/mol. The average Bonchev–Trinajstić information content (AvgIpc) is 3.95. The van der Waals surface area contributed by atoms with E-state index in [1.807, 2.05) is 24.1 Å². The fourth-order valence-corrected chi connectivity index (χ4v) is 7.58. The van der Waals surface area contributed by atoms with Crippen molar-refractivity contribution < 1.29 is 22.8 Å². The highest BCUT2D eigenvalue weighted by molar-refractivity contribution is 6.03. The zero-order chi connectivity index (χ0) is 36.2. The van der Waals surface area contributed by atoms with E-state index in [-0.39, 0.29) is 29.6 Å². The lowest BCUT2D eigenvalue weighted by Gasteiger charge is -2.29. The lowest BCUT2D eigenvalue weighted by atomic mass is 9.85. The number of amides is 2. The van der Waals surface area contributed by atoms with Crippen LogP contribution in [0.2, 0.25) is 0 Å². The molecular formula is C37H33F3N10O2. The predicted octanol–water partition coefficient (Wildman–Crippen LogP) is 5.06. The van der Waals surface area contributed by atoms with Crippen LogP contribution in [0.5, 0.6) is 0 Å². The van der Waals surface area contributed by atoms with Gasteiger partial charge in [-0.2, -0.15) is 28.6 Å². The third kappa shape index (κ3) is 5.98. The van der Waals surface area contributed by atoms with Crippen LogP contribution in [0.15, 0.2) is 67.1 Å². The Bertz CT molecular complexity index is 2290. The number of aryl methyl sites for hydroxylation is 1. The number of rotatable bonds is 6. The Hall–Kier alpha value is -5.88. The van der Waals surface area contributed by atoms with E-state index in [2.05, 4.69) is 48.4 Å². The largest absolute Gasteiger partial charge is 0.419 e. The van der Waals surface area contributed by atoms with Gasteiger partial charge in [-0.3, -0.25) is 24.3 Å². The molecule has 0 aliphatic carbocycles. The van der Waals surface area contributed by atoms with Gasteiger partial charge in [0, 0.05) is 61.6 Å². The first-order valence-corrected chi connectivity index (χ1v) is 16.9. The van der Waals surface area contributed by atoms with Crippen LogP contribution >= 0.6 is 0 Å². The number of hydrogen-bond donors (Lipinski definition) is 1. The summed E-state index contributed by atoms with van der Waals surface area (Å²) in [6, 6.07) is 15.8. The van der Waals surface area contributed by atoms with E-state index in [1.54, 1.807) is 34.1 Å². The van der Waals surface area contributed by atoms with E-state index >= 15 is 0 Å². The zero-order valence-corrected chi connectivity index (χ0v) is 28.2. The van der Waals surface area contributed by atoms with Crippen LogP contribution in [0.1, 0.15) is 36.1 Å². The molecule has 264 valence electrons. The zero-order valence-electron chi connectivity index (χ0n) is 28.2. The van der Waals surface area contributed by atoms with Gasteiger partial charge in [0.25, 0.3) is 0 Å². The molecule has 0 unspecified atom stereocenters. The van der Waals surface area contributed by atoms with E-state index in [0.717, 1.165) is 23.6 Å². The third-order valence-electron chi connectivity index (χ3n) is 10.4. The number of nitrogens with zero attached hydrogens (tertiary/aromatic N) is 9. The standard InChI is InChI=1S/C37H33F3N10O2/c1-47-22-43-34(46-47)25-4-2-23(3-5-25)24-8-12-49(13-9-24)32(51)20-48-14-10-36(21-48)11-15-50(35(36)52)27-6-7-30-28(17-27)33(45-44-30)26-16-29(37(38,39)40)31(18-41)42-19-26/h2-8,16-17,19,22H,9-15,20-21H2,1H3,(H,44,45)/t36-/m0/s1. The summed E-state index contributed by atoms with van der Waals surface area (Å²) in [6.07, 6.45) is 2.23. The molecule has 52 heavy (non-hydrogen) atoms. The molecule has 2 saturated heterocycles. The first-order chi connectivity index (χ1) is 25.0. The number of carbonyl (C=O) groups excluding carboxylic acids is 2. The summed E-state index contributed by atoms with van der Waals surface area (Å²) in [6.45, 7) is 2.99. The Morgan fingerprint density at radius 1 is 1.02 bits per heavy atom. The number of carbonyl (C=O) groups is 2. The number of H-pyrrole nitrogens is 1. The van der Waals surface area contributed by atoms with Crippen LogP contribution in [0, 0.1) is 16.7 Å². The van der Waals surface area contributed by atoms with Gasteiger partial charge in [0.05, 0.1) is 23.0 Å². The monoisotopic (exact) mass is 706 g/mol. The van der Waals surface area contributed by atoms with Gasteiger partial charge in [-0.1, -0.05) is 30.3 Å². The number of alkyl halides is 3. The Balaban J connectivity index is 0.913. The van der Waals surface area contributed by atoms with Crippen molar-refractivity contribution in [1.29, 1.82) is 5.26 Å². The van der Waals surface area contributed by atoms with Gasteiger partial charge < -0.3 is 9.80 Å². The molecule has 0 radical (unpaired) electrons. The summed E-state index contributed by atoms with van der Waals surface area (Å²) >= 11 is 0. The van der Waals surface area contributed by atoms with Crippen molar-refractivity contribution in [2.45, 2.75) is 25.4 Å². The maximum atomic E-state index is 14.0. The van der Waals surface area contributed by atoms with Crippen molar-refractivity contribution in [3.63, 3.8) is 0 Å². The Morgan fingerprint density at radius 2 is 1.81 bits per heavy atom. The number of nitriles is 1. The molecule has 3 aliphatic rings. The SMILES string of the molecule is Cn1cnc(-c2ccc(C3=CCN(C(=O)CN4CC[C@]5(CCN(c6ccc7[nH]nc(-c8cnc(C#N)c(C(F)(F)F)c8)c7c6)C5=O)C4)CC3)cc2)n1. The van der Waals surface area contributed by atoms with Crippen LogP contribution in [-0.4, -0.2) is 90.8 Å². The molecule has 3 aliphatic heterocycles. The van der Waals surface area contributed by atoms with E-state index in [9.17, 15) is 22.8 Å². The first-order valence-electron chi connectivity index (χ1n) is 16.9. The maximum Gasteiger partial charge on any atom is 0.419 e. The molecule has 6 heterocycles. The van der Waals surface area contributed by atoms with Gasteiger partial charge >= 0.3 is 6.18 Å². The van der Waals surface area contributed by atoms with Crippen molar-refractivity contribution in [1.82, 2.24) is 39.7 Å². The van der Waals surface area contributed by atoms with Gasteiger partial charge in [0.15, 0.2) is 11.5 Å². The summed E-state index contributed by atoms with van der Waals surface area (Å²) in [5.74, 6) is 0.688. The van der Waals surface area contributed by atoms with Crippen LogP contribution in [-0.2, 0) is 22.8 Å². The van der Waals surface area contributed by atoms with E-state index in [0.29, 0.717) is 68.0 Å². The van der Waals surface area contributed by atoms with Gasteiger partial charge in [-0.25, -0.2) is 9.97 Å². The molecule has 0 bridgehead atoms. The molecule has 1 atom stereocenters. The molecule has 0 saturated carbocycles. The lowest BCUT2D eigenvalue weighted by molar-refractivity contribution is -0.138. The number of aromatic amines is 1. The molecule has 8 rings (SSSR count). The van der Waals surface area contributed by atoms with E-state index in [4.69, 9.17) is 5.26 Å². The molecule has 3 aromatic heterocycles. The Kier molecular flexibility index (Phi) is 8.13. The fraction of sp³-hybridized carbons (Fsp3) is 0.324. The number of fused-ring (bicyclic) bond motifs is 1. The van der Waals surface area contributed by atoms with Crippen molar-refractivity contribution in [3.05, 3.63) is 84.0 Å². The minimum Gasteiger partial charge on any atom is -0.338 e. The van der Waals surface area contributed by atoms with Crippen molar-refractivity contribution >= 4 is 34.0 Å². The molecule has 2 amide bonds. The number of hydrogen-bond acceptors (Lipinski definition) is 8. The second kappa shape index (κ2) is 12.7. The van der Waals surface area contributed by atoms with Crippen LogP contribution in [0.4, 0.5) is 18.9 Å². The van der Waals surface area contributed by atoms with Gasteiger partial charge in [0.1, 0.15) is 18.1 Å². The summed E-state index contributed by atoms with van der Waals surface area (Å²) in [4.78, 5) is 41.1. The number of pyridine rings is 1. The average molecular weight is 707 g/mol. The normalized spacial score (nSPS) is 19.5. The quantitative estimate of drug-likeness (QED) is 0.259. The molecular weight excluding hydrogens is 673 g/mol. The topological polar surface area (TPSA) is 140 Å². The maximum absolute atomic E-state index is 14.0. The summed E-state index contributed by atoms with van der Waals surface area (Å²) in [7, 11) is 1.83. The van der Waals surface area contributed by atoms with Crippen molar-refractivity contribution in [2.75, 3.05) is 44.2 Å². The van der Waals surface area contributed by atoms with Gasteiger partial charge in [0.2, 0.25) is 11.8 Å². The van der Waals surface area contributed by atoms with Crippen molar-refractivity contribution in [2.24, 2.45) is 12.5 Å². The number of likely N-dealkylation sites (tertiary alicyclic amines) is 1. The highest BCUT2D eigenvalue weighted by atomic mass is 19.4. The van der Waals surface area contributed by atoms with Crippen LogP contribution in [0.3, 0.4) is 0 Å². The molecule has 1 N–H and O–H groups in total. The van der Waals surface area contributed by atoms with Gasteiger partial charge in [-0.05, 0) is 61.2 Å². The van der Waals surface area contributed by atoms with E-state index < -0.39 is 22.8 Å². The minimum absolute atomic E-state index is 0.0263. The van der Waals surface area contributed by atoms with E-state index in [1.165, 1.54) is 17.8 Å². The highest BCUT2D eigenvalue weighted by Gasteiger charge is 2.51. The number of benzene rings is 2. The number of halogens is 3. The number of nitrogens with one attached hydrogen (secondary N) is 1. The van der Waals surface area contributed by atoms with Crippen molar-refractivity contribution in [3.8, 4) is 28.7 Å². The molecule has 1 spiro atoms. The molecule has 15 heteroatoms. The molecule has 5 aromatic rings. The third-order valence-corrected chi connectivity index (χ3v) is 10.4. The summed E-state index contributed by atoms with van der Waals surface area (Å²) in [5.41, 5.74) is 2.33. The lowest BCUT2D eigenvalue weighted by Crippen LogP contribution is -2.43. The minimum atomic E-state index is -4.76. The second-order valence-corrected chi connectivity index (χ2v) is 13.6. The number of aromatic nitrogens is 6. The summed E-state index contributed by atoms with van der Waals surface area (Å²) < 4.78 is 42.6. The summed E-state index contributed by atoms with van der Waals surface area (Å²) in [5, 5.41) is 21.1. The van der Waals surface area contributed by atoms with Gasteiger partial charge in [-0.15, -0.1) is 0 Å². The molecule has 2 fully saturated rings. The molecule has 2 aromatic carbocycles. The smallest absolute Gasteiger partial charge is 0.338 e. The Labute approximate surface area is 296 Å². The first kappa shape index (κ1) is 33.3. The van der Waals surface area contributed by atoms with Crippen LogP contribution < -0.4 is 4.90 Å².